The van der Waals surface area contributed by atoms with Crippen molar-refractivity contribution in [2.24, 2.45) is 0 Å². The summed E-state index contributed by atoms with van der Waals surface area (Å²) in [5.41, 5.74) is 0.706. The molecule has 0 aromatic rings. The molecule has 0 atom stereocenters. The average Bonchev–Trinajstić information content (AvgIpc) is 2.43. The van der Waals surface area contributed by atoms with Gasteiger partial charge in [0, 0.05) is 6.42 Å². The van der Waals surface area contributed by atoms with Gasteiger partial charge in [0.2, 0.25) is 0 Å². The highest BCUT2D eigenvalue weighted by Gasteiger charge is 2.32. The van der Waals surface area contributed by atoms with Crippen LogP contribution in [0.2, 0.25) is 0 Å². The Morgan fingerprint density at radius 1 is 1.31 bits per heavy atom. The standard InChI is InChI=1S/C9H5NO3/c11-4-5-2-1-3-6-7(5)9(13)10-8(6)12/h1,3H,2H2,(H,10,12,13). The minimum Gasteiger partial charge on any atom is -0.288 e. The minimum absolute atomic E-state index is 0.183. The number of allylic oxidation sites excluding steroid dienone is 1. The quantitative estimate of drug-likeness (QED) is 0.404. The highest BCUT2D eigenvalue weighted by Crippen LogP contribution is 2.26. The third kappa shape index (κ3) is 0.965. The summed E-state index contributed by atoms with van der Waals surface area (Å²) in [6.45, 7) is 0. The van der Waals surface area contributed by atoms with E-state index >= 15 is 0 Å². The minimum atomic E-state index is -0.497. The molecule has 4 nitrogen and oxygen atoms in total. The molecular weight excluding hydrogens is 170 g/mol. The Bertz CT molecular complexity index is 422. The van der Waals surface area contributed by atoms with E-state index in [1.54, 1.807) is 18.1 Å². The normalized spacial score (nSPS) is 20.2. The second-order valence-corrected chi connectivity index (χ2v) is 2.76. The number of rotatable bonds is 0. The van der Waals surface area contributed by atoms with E-state index in [2.05, 4.69) is 5.32 Å². The summed E-state index contributed by atoms with van der Waals surface area (Å²) in [7, 11) is 0. The van der Waals surface area contributed by atoms with Gasteiger partial charge >= 0.3 is 0 Å². The Morgan fingerprint density at radius 2 is 2.08 bits per heavy atom. The number of hydrogen-bond donors (Lipinski definition) is 1. The average molecular weight is 175 g/mol. The van der Waals surface area contributed by atoms with Crippen LogP contribution in [0.4, 0.5) is 0 Å². The SMILES string of the molecule is O=C=C1CC=CC2=C1C(=O)NC2=O. The largest absolute Gasteiger partial charge is 0.288 e. The van der Waals surface area contributed by atoms with Gasteiger partial charge in [0.1, 0.15) is 5.94 Å². The lowest BCUT2D eigenvalue weighted by Gasteiger charge is -2.04. The topological polar surface area (TPSA) is 63.2 Å². The Balaban J connectivity index is 2.65. The molecule has 0 saturated carbocycles. The summed E-state index contributed by atoms with van der Waals surface area (Å²) in [5, 5.41) is 2.12. The van der Waals surface area contributed by atoms with Gasteiger partial charge in [0.05, 0.1) is 16.7 Å². The van der Waals surface area contributed by atoms with Crippen molar-refractivity contribution >= 4 is 17.8 Å². The first-order chi connectivity index (χ1) is 6.24. The molecule has 0 aromatic heterocycles. The lowest BCUT2D eigenvalue weighted by molar-refractivity contribution is -0.123. The molecule has 1 aliphatic carbocycles. The molecule has 0 saturated heterocycles. The van der Waals surface area contributed by atoms with E-state index in [0.29, 0.717) is 6.42 Å². The molecule has 0 spiro atoms. The zero-order valence-corrected chi connectivity index (χ0v) is 6.59. The fourth-order valence-electron chi connectivity index (χ4n) is 1.42. The molecule has 64 valence electrons. The predicted octanol–water partition coefficient (Wildman–Crippen LogP) is -0.343. The van der Waals surface area contributed by atoms with E-state index in [9.17, 15) is 14.4 Å². The molecule has 0 fully saturated rings. The molecule has 0 unspecified atom stereocenters. The number of nitrogens with one attached hydrogen (secondary N) is 1. The molecule has 2 aliphatic rings. The van der Waals surface area contributed by atoms with Gasteiger partial charge in [-0.1, -0.05) is 12.2 Å². The molecule has 1 N–H and O–H groups in total. The molecule has 4 heteroatoms. The Morgan fingerprint density at radius 3 is 2.77 bits per heavy atom. The van der Waals surface area contributed by atoms with Crippen molar-refractivity contribution < 1.29 is 14.4 Å². The number of carbonyl (C=O) groups is 2. The van der Waals surface area contributed by atoms with E-state index in [1.165, 1.54) is 0 Å². The van der Waals surface area contributed by atoms with Crippen molar-refractivity contribution in [3.63, 3.8) is 0 Å². The van der Waals surface area contributed by atoms with Gasteiger partial charge in [-0.15, -0.1) is 0 Å². The zero-order valence-electron chi connectivity index (χ0n) is 6.59. The summed E-state index contributed by atoms with van der Waals surface area (Å²) >= 11 is 0. The van der Waals surface area contributed by atoms with Crippen molar-refractivity contribution in [3.8, 4) is 0 Å². The molecule has 2 rings (SSSR count). The predicted molar refractivity (Wildman–Crippen MR) is 43.1 cm³/mol. The fraction of sp³-hybridized carbons (Fsp3) is 0.111. The molecule has 0 aromatic carbocycles. The first kappa shape index (κ1) is 7.71. The smallest absolute Gasteiger partial charge is 0.259 e. The maximum atomic E-state index is 11.2. The van der Waals surface area contributed by atoms with Crippen molar-refractivity contribution in [1.82, 2.24) is 5.32 Å². The highest BCUT2D eigenvalue weighted by molar-refractivity contribution is 6.23. The van der Waals surface area contributed by atoms with E-state index in [-0.39, 0.29) is 16.7 Å². The van der Waals surface area contributed by atoms with Crippen LogP contribution in [-0.4, -0.2) is 17.8 Å². The maximum absolute atomic E-state index is 11.2. The second kappa shape index (κ2) is 2.54. The summed E-state index contributed by atoms with van der Waals surface area (Å²) in [4.78, 5) is 32.7. The van der Waals surface area contributed by atoms with Gasteiger partial charge in [-0.2, -0.15) is 0 Å². The second-order valence-electron chi connectivity index (χ2n) is 2.76. The van der Waals surface area contributed by atoms with Crippen LogP contribution in [0.1, 0.15) is 6.42 Å². The Kier molecular flexibility index (Phi) is 1.50. The molecule has 1 aliphatic heterocycles. The molecule has 13 heavy (non-hydrogen) atoms. The lowest BCUT2D eigenvalue weighted by atomic mass is 9.95. The van der Waals surface area contributed by atoms with Crippen LogP contribution in [0.15, 0.2) is 28.9 Å². The van der Waals surface area contributed by atoms with Gasteiger partial charge in [-0.25, -0.2) is 4.79 Å². The first-order valence-corrected chi connectivity index (χ1v) is 3.75. The van der Waals surface area contributed by atoms with Crippen molar-refractivity contribution in [2.45, 2.75) is 6.42 Å². The molecule has 2 amide bonds. The van der Waals surface area contributed by atoms with E-state index < -0.39 is 11.8 Å². The van der Waals surface area contributed by atoms with Gasteiger partial charge in [0.25, 0.3) is 11.8 Å². The van der Waals surface area contributed by atoms with Gasteiger partial charge in [-0.3, -0.25) is 14.9 Å². The Labute approximate surface area is 73.6 Å². The van der Waals surface area contributed by atoms with Crippen LogP contribution in [0, 0.1) is 0 Å². The van der Waals surface area contributed by atoms with Crippen LogP contribution in [0.3, 0.4) is 0 Å². The van der Waals surface area contributed by atoms with Crippen LogP contribution in [-0.2, 0) is 14.4 Å². The molecular formula is C9H5NO3. The monoisotopic (exact) mass is 175 g/mol. The lowest BCUT2D eigenvalue weighted by Crippen LogP contribution is -2.23. The van der Waals surface area contributed by atoms with Gasteiger partial charge < -0.3 is 0 Å². The van der Waals surface area contributed by atoms with Crippen LogP contribution < -0.4 is 5.32 Å². The van der Waals surface area contributed by atoms with E-state index in [0.717, 1.165) is 0 Å². The van der Waals surface area contributed by atoms with Crippen LogP contribution >= 0.6 is 0 Å². The summed E-state index contributed by atoms with van der Waals surface area (Å²) < 4.78 is 0. The van der Waals surface area contributed by atoms with Gasteiger partial charge in [-0.05, 0) is 0 Å². The summed E-state index contributed by atoms with van der Waals surface area (Å²) in [6, 6.07) is 0. The number of carbonyl (C=O) groups excluding carboxylic acids is 3. The number of imide groups is 1. The van der Waals surface area contributed by atoms with Crippen LogP contribution in [0.5, 0.6) is 0 Å². The molecule has 0 radical (unpaired) electrons. The zero-order chi connectivity index (χ0) is 9.42. The van der Waals surface area contributed by atoms with Crippen molar-refractivity contribution in [2.75, 3.05) is 0 Å². The summed E-state index contributed by atoms with van der Waals surface area (Å²) in [6.07, 6.45) is 3.58. The maximum Gasteiger partial charge on any atom is 0.259 e. The van der Waals surface area contributed by atoms with Crippen LogP contribution in [0.25, 0.3) is 0 Å². The number of amides is 2. The highest BCUT2D eigenvalue weighted by atomic mass is 16.2. The van der Waals surface area contributed by atoms with E-state index in [4.69, 9.17) is 0 Å². The fourth-order valence-corrected chi connectivity index (χ4v) is 1.42. The molecule has 1 heterocycles. The van der Waals surface area contributed by atoms with Crippen molar-refractivity contribution in [3.05, 3.63) is 28.9 Å². The summed E-state index contributed by atoms with van der Waals surface area (Å²) in [5.74, 6) is 0.732. The molecule has 0 bridgehead atoms. The van der Waals surface area contributed by atoms with E-state index in [1.807, 2.05) is 0 Å². The third-order valence-electron chi connectivity index (χ3n) is 2.00. The first-order valence-electron chi connectivity index (χ1n) is 3.75. The van der Waals surface area contributed by atoms with Gasteiger partial charge in [0.15, 0.2) is 0 Å². The van der Waals surface area contributed by atoms with Crippen molar-refractivity contribution in [1.29, 1.82) is 0 Å². The number of hydrogen-bond acceptors (Lipinski definition) is 3. The third-order valence-corrected chi connectivity index (χ3v) is 2.00. The Hall–Kier alpha value is -1.93.